The van der Waals surface area contributed by atoms with E-state index < -0.39 is 0 Å². The zero-order chi connectivity index (χ0) is 15.4. The molecule has 1 aromatic rings. The van der Waals surface area contributed by atoms with Crippen molar-refractivity contribution in [2.24, 2.45) is 5.92 Å². The molecule has 0 bridgehead atoms. The predicted molar refractivity (Wildman–Crippen MR) is 89.6 cm³/mol. The first-order chi connectivity index (χ1) is 10.7. The molecule has 0 N–H and O–H groups in total. The molecule has 0 spiro atoms. The minimum atomic E-state index is 0.234. The number of nitrogens with zero attached hydrogens (tertiary/aromatic N) is 2. The van der Waals surface area contributed by atoms with Gasteiger partial charge in [-0.25, -0.2) is 0 Å². The third kappa shape index (κ3) is 3.84. The first-order valence-corrected chi connectivity index (χ1v) is 8.40. The summed E-state index contributed by atoms with van der Waals surface area (Å²) in [4.78, 5) is 16.7. The molecule has 3 nitrogen and oxygen atoms in total. The van der Waals surface area contributed by atoms with E-state index in [1.165, 1.54) is 5.56 Å². The minimum absolute atomic E-state index is 0.234. The summed E-state index contributed by atoms with van der Waals surface area (Å²) in [5.41, 5.74) is 1.39. The normalized spacial score (nSPS) is 27.0. The van der Waals surface area contributed by atoms with Gasteiger partial charge >= 0.3 is 0 Å². The summed E-state index contributed by atoms with van der Waals surface area (Å²) in [6.45, 7) is 7.22. The van der Waals surface area contributed by atoms with Gasteiger partial charge in [-0.3, -0.25) is 14.6 Å². The van der Waals surface area contributed by atoms with Gasteiger partial charge in [-0.05, 0) is 25.3 Å². The van der Waals surface area contributed by atoms with E-state index in [2.05, 4.69) is 52.3 Å². The second kappa shape index (κ2) is 7.21. The van der Waals surface area contributed by atoms with Gasteiger partial charge in [0.05, 0.1) is 0 Å². The Morgan fingerprint density at radius 2 is 1.86 bits per heavy atom. The monoisotopic (exact) mass is 298 g/mol. The number of Topliss-reactive ketones (excluding diaryl/α,β-unsaturated/α-hetero) is 1. The number of carbonyl (C=O) groups excluding carboxylic acids is 1. The summed E-state index contributed by atoms with van der Waals surface area (Å²) in [6.07, 6.45) is 6.45. The topological polar surface area (TPSA) is 23.6 Å². The van der Waals surface area contributed by atoms with Crippen LogP contribution >= 0.6 is 0 Å². The Hall–Kier alpha value is -1.45. The summed E-state index contributed by atoms with van der Waals surface area (Å²) in [6, 6.07) is 11.2. The van der Waals surface area contributed by atoms with Crippen molar-refractivity contribution < 1.29 is 4.79 Å². The van der Waals surface area contributed by atoms with Crippen LogP contribution in [0.3, 0.4) is 0 Å². The average molecular weight is 298 g/mol. The number of ketones is 1. The molecular formula is C19H26N2O. The van der Waals surface area contributed by atoms with Crippen molar-refractivity contribution >= 4 is 5.78 Å². The molecule has 118 valence electrons. The fraction of sp³-hybridized carbons (Fsp3) is 0.526. The zero-order valence-electron chi connectivity index (χ0n) is 13.4. The van der Waals surface area contributed by atoms with Crippen molar-refractivity contribution in [2.45, 2.75) is 32.4 Å². The van der Waals surface area contributed by atoms with Gasteiger partial charge in [0.25, 0.3) is 0 Å². The summed E-state index contributed by atoms with van der Waals surface area (Å²) in [5.74, 6) is 0.578. The molecule has 0 radical (unpaired) electrons. The maximum Gasteiger partial charge on any atom is 0.133 e. The van der Waals surface area contributed by atoms with E-state index >= 15 is 0 Å². The summed E-state index contributed by atoms with van der Waals surface area (Å²) in [7, 11) is 0. The number of rotatable bonds is 4. The van der Waals surface area contributed by atoms with Gasteiger partial charge in [0, 0.05) is 44.7 Å². The van der Waals surface area contributed by atoms with Gasteiger partial charge in [-0.1, -0.05) is 42.5 Å². The molecule has 1 fully saturated rings. The van der Waals surface area contributed by atoms with Gasteiger partial charge in [0.15, 0.2) is 0 Å². The van der Waals surface area contributed by atoms with Crippen LogP contribution in [-0.4, -0.2) is 47.8 Å². The molecule has 3 rings (SSSR count). The van der Waals surface area contributed by atoms with E-state index in [0.29, 0.717) is 11.8 Å². The second-order valence-electron chi connectivity index (χ2n) is 6.57. The molecule has 22 heavy (non-hydrogen) atoms. The Labute approximate surface area is 133 Å². The summed E-state index contributed by atoms with van der Waals surface area (Å²) >= 11 is 0. The molecule has 2 atom stereocenters. The lowest BCUT2D eigenvalue weighted by Crippen LogP contribution is -2.50. The highest BCUT2D eigenvalue weighted by Crippen LogP contribution is 2.24. The number of carbonyl (C=O) groups is 1. The van der Waals surface area contributed by atoms with Crippen LogP contribution in [0.5, 0.6) is 0 Å². The lowest BCUT2D eigenvalue weighted by atomic mass is 9.87. The number of hydrogen-bond donors (Lipinski definition) is 0. The molecule has 1 saturated heterocycles. The average Bonchev–Trinajstić information content (AvgIpc) is 2.56. The molecular weight excluding hydrogens is 272 g/mol. The Balaban J connectivity index is 1.50. The maximum atomic E-state index is 11.6. The molecule has 1 aliphatic carbocycles. The van der Waals surface area contributed by atoms with E-state index in [0.717, 1.165) is 45.6 Å². The highest BCUT2D eigenvalue weighted by atomic mass is 16.1. The minimum Gasteiger partial charge on any atom is -0.300 e. The van der Waals surface area contributed by atoms with E-state index in [-0.39, 0.29) is 5.92 Å². The van der Waals surface area contributed by atoms with Crippen LogP contribution in [0.4, 0.5) is 0 Å². The van der Waals surface area contributed by atoms with Crippen molar-refractivity contribution in [3.05, 3.63) is 48.0 Å². The molecule has 0 unspecified atom stereocenters. The van der Waals surface area contributed by atoms with Crippen LogP contribution < -0.4 is 0 Å². The Kier molecular flexibility index (Phi) is 5.06. The van der Waals surface area contributed by atoms with E-state index in [1.54, 1.807) is 6.92 Å². The van der Waals surface area contributed by atoms with Crippen LogP contribution in [-0.2, 0) is 11.3 Å². The van der Waals surface area contributed by atoms with Crippen molar-refractivity contribution in [1.82, 2.24) is 9.80 Å². The van der Waals surface area contributed by atoms with Crippen molar-refractivity contribution in [3.63, 3.8) is 0 Å². The first kappa shape index (κ1) is 15.4. The highest BCUT2D eigenvalue weighted by molar-refractivity contribution is 5.78. The fourth-order valence-corrected chi connectivity index (χ4v) is 3.56. The number of piperazine rings is 1. The highest BCUT2D eigenvalue weighted by Gasteiger charge is 2.28. The molecule has 0 amide bonds. The Morgan fingerprint density at radius 1 is 1.14 bits per heavy atom. The lowest BCUT2D eigenvalue weighted by Gasteiger charge is -2.40. The van der Waals surface area contributed by atoms with Crippen LogP contribution in [0.1, 0.15) is 25.3 Å². The number of benzene rings is 1. The third-order valence-corrected chi connectivity index (χ3v) is 5.00. The molecule has 1 aliphatic heterocycles. The van der Waals surface area contributed by atoms with Gasteiger partial charge in [-0.15, -0.1) is 0 Å². The molecule has 1 heterocycles. The third-order valence-electron chi connectivity index (χ3n) is 5.00. The lowest BCUT2D eigenvalue weighted by molar-refractivity contribution is -0.121. The molecule has 2 aliphatic rings. The van der Waals surface area contributed by atoms with Crippen molar-refractivity contribution in [2.75, 3.05) is 26.2 Å². The molecule has 3 heteroatoms. The zero-order valence-corrected chi connectivity index (χ0v) is 13.4. The summed E-state index contributed by atoms with van der Waals surface area (Å²) < 4.78 is 0. The van der Waals surface area contributed by atoms with Gasteiger partial charge in [0.2, 0.25) is 0 Å². The van der Waals surface area contributed by atoms with Gasteiger partial charge in [0.1, 0.15) is 5.78 Å². The van der Waals surface area contributed by atoms with Gasteiger partial charge in [-0.2, -0.15) is 0 Å². The standard InChI is InChI=1S/C19H26N2O/c1-16(22)18-8-5-9-19(14-18)21-12-10-20(11-13-21)15-17-6-3-2-4-7-17/h2-7,9,18-19H,8,10-15H2,1H3/t18-,19+/m0/s1. The van der Waals surface area contributed by atoms with Crippen LogP contribution in [0.15, 0.2) is 42.5 Å². The van der Waals surface area contributed by atoms with Crippen LogP contribution in [0, 0.1) is 5.92 Å². The van der Waals surface area contributed by atoms with Crippen molar-refractivity contribution in [1.29, 1.82) is 0 Å². The fourth-order valence-electron chi connectivity index (χ4n) is 3.56. The number of allylic oxidation sites excluding steroid dienone is 1. The predicted octanol–water partition coefficient (Wildman–Crippen LogP) is 2.73. The summed E-state index contributed by atoms with van der Waals surface area (Å²) in [5, 5.41) is 0. The molecule has 0 aromatic heterocycles. The van der Waals surface area contributed by atoms with Crippen LogP contribution in [0.25, 0.3) is 0 Å². The van der Waals surface area contributed by atoms with Crippen LogP contribution in [0.2, 0.25) is 0 Å². The molecule has 1 aromatic carbocycles. The first-order valence-electron chi connectivity index (χ1n) is 8.40. The smallest absolute Gasteiger partial charge is 0.133 e. The van der Waals surface area contributed by atoms with E-state index in [1.807, 2.05) is 0 Å². The molecule has 0 saturated carbocycles. The van der Waals surface area contributed by atoms with E-state index in [4.69, 9.17) is 0 Å². The van der Waals surface area contributed by atoms with Crippen molar-refractivity contribution in [3.8, 4) is 0 Å². The maximum absolute atomic E-state index is 11.6. The Morgan fingerprint density at radius 3 is 2.55 bits per heavy atom. The van der Waals surface area contributed by atoms with Gasteiger partial charge < -0.3 is 0 Å². The second-order valence-corrected chi connectivity index (χ2v) is 6.57. The largest absolute Gasteiger partial charge is 0.300 e. The quantitative estimate of drug-likeness (QED) is 0.799. The van der Waals surface area contributed by atoms with E-state index in [9.17, 15) is 4.79 Å². The number of hydrogen-bond acceptors (Lipinski definition) is 3. The Bertz CT molecular complexity index is 517. The SMILES string of the molecule is CC(=O)[C@H]1CC=C[C@@H](N2CCN(Cc3ccccc3)CC2)C1.